The zero-order valence-corrected chi connectivity index (χ0v) is 13.0. The van der Waals surface area contributed by atoms with Gasteiger partial charge in [0, 0.05) is 11.5 Å². The van der Waals surface area contributed by atoms with Crippen LogP contribution >= 0.6 is 10.6 Å². The third kappa shape index (κ3) is 4.20. The molecule has 1 heterocycles. The molecule has 1 aromatic rings. The van der Waals surface area contributed by atoms with Crippen molar-refractivity contribution in [3.05, 3.63) is 29.8 Å². The fraction of sp³-hybridized carbons (Fsp3) is 0.538. The summed E-state index contributed by atoms with van der Waals surface area (Å²) in [7, 11) is -6.15. The molecule has 1 saturated heterocycles. The standard InChI is InChI=1S/C13H20O5S2/c1-11-2-4-13(5-3-11)20(16,17)18-10-12-6-8-19(14,15)9-7-12/h2-5,12,14-15H,6-10H2,1H3. The normalized spacial score (nSPS) is 21.6. The van der Waals surface area contributed by atoms with Crippen LogP contribution in [0.3, 0.4) is 0 Å². The summed E-state index contributed by atoms with van der Waals surface area (Å²) in [5.41, 5.74) is 0.987. The zero-order chi connectivity index (χ0) is 14.8. The molecule has 0 radical (unpaired) electrons. The van der Waals surface area contributed by atoms with Crippen molar-refractivity contribution in [2.75, 3.05) is 18.1 Å². The fourth-order valence-electron chi connectivity index (χ4n) is 2.08. The summed E-state index contributed by atoms with van der Waals surface area (Å²) in [6.07, 6.45) is 1.18. The van der Waals surface area contributed by atoms with Crippen LogP contribution in [0.15, 0.2) is 29.2 Å². The molecule has 0 atom stereocenters. The van der Waals surface area contributed by atoms with Gasteiger partial charge in [-0.15, -0.1) is 0 Å². The van der Waals surface area contributed by atoms with Crippen molar-refractivity contribution in [2.45, 2.75) is 24.7 Å². The van der Waals surface area contributed by atoms with Gasteiger partial charge in [0.05, 0.1) is 11.5 Å². The van der Waals surface area contributed by atoms with E-state index in [2.05, 4.69) is 0 Å². The topological polar surface area (TPSA) is 83.8 Å². The summed E-state index contributed by atoms with van der Waals surface area (Å²) in [5.74, 6) is 0.743. The molecule has 5 nitrogen and oxygen atoms in total. The minimum Gasteiger partial charge on any atom is -0.299 e. The van der Waals surface area contributed by atoms with Gasteiger partial charge < -0.3 is 0 Å². The van der Waals surface area contributed by atoms with E-state index in [1.807, 2.05) is 6.92 Å². The molecule has 0 unspecified atom stereocenters. The molecule has 1 fully saturated rings. The van der Waals surface area contributed by atoms with Gasteiger partial charge in [0.2, 0.25) is 0 Å². The van der Waals surface area contributed by atoms with Crippen LogP contribution in [0.2, 0.25) is 0 Å². The Morgan fingerprint density at radius 2 is 1.75 bits per heavy atom. The first-order chi connectivity index (χ1) is 9.28. The van der Waals surface area contributed by atoms with Gasteiger partial charge in [0.25, 0.3) is 10.1 Å². The highest BCUT2D eigenvalue weighted by Crippen LogP contribution is 2.45. The quantitative estimate of drug-likeness (QED) is 0.833. The highest BCUT2D eigenvalue weighted by Gasteiger charge is 2.26. The largest absolute Gasteiger partial charge is 0.299 e. The third-order valence-corrected chi connectivity index (χ3v) is 6.55. The molecule has 0 spiro atoms. The van der Waals surface area contributed by atoms with Crippen molar-refractivity contribution in [1.29, 1.82) is 0 Å². The SMILES string of the molecule is Cc1ccc(S(=O)(=O)OCC2CCS(O)(O)CC2)cc1. The first-order valence-electron chi connectivity index (χ1n) is 6.48. The second-order valence-electron chi connectivity index (χ2n) is 5.21. The molecule has 7 heteroatoms. The molecule has 20 heavy (non-hydrogen) atoms. The van der Waals surface area contributed by atoms with Crippen LogP contribution in [0.4, 0.5) is 0 Å². The molecular formula is C13H20O5S2. The molecule has 0 aromatic heterocycles. The average Bonchev–Trinajstić information content (AvgIpc) is 2.38. The average molecular weight is 320 g/mol. The maximum absolute atomic E-state index is 12.0. The minimum absolute atomic E-state index is 0.0650. The Balaban J connectivity index is 1.92. The molecule has 0 aliphatic carbocycles. The Labute approximate surface area is 121 Å². The Morgan fingerprint density at radius 1 is 1.20 bits per heavy atom. The molecule has 0 amide bonds. The number of rotatable bonds is 4. The Kier molecular flexibility index (Phi) is 4.76. The second-order valence-corrected chi connectivity index (χ2v) is 9.24. The van der Waals surface area contributed by atoms with Crippen LogP contribution in [0.5, 0.6) is 0 Å². The lowest BCUT2D eigenvalue weighted by Gasteiger charge is -2.38. The Morgan fingerprint density at radius 3 is 2.30 bits per heavy atom. The highest BCUT2D eigenvalue weighted by molar-refractivity contribution is 8.24. The van der Waals surface area contributed by atoms with E-state index in [0.29, 0.717) is 24.3 Å². The molecule has 1 aromatic carbocycles. The lowest BCUT2D eigenvalue weighted by Crippen LogP contribution is -2.24. The summed E-state index contributed by atoms with van der Waals surface area (Å²) in [4.78, 5) is 0.156. The van der Waals surface area contributed by atoms with Crippen LogP contribution in [0.1, 0.15) is 18.4 Å². The summed E-state index contributed by atoms with van der Waals surface area (Å²) in [5, 5.41) is 0. The van der Waals surface area contributed by atoms with E-state index in [9.17, 15) is 17.5 Å². The van der Waals surface area contributed by atoms with E-state index >= 15 is 0 Å². The van der Waals surface area contributed by atoms with Gasteiger partial charge in [0.15, 0.2) is 0 Å². The molecule has 2 rings (SSSR count). The monoisotopic (exact) mass is 320 g/mol. The third-order valence-electron chi connectivity index (χ3n) is 3.47. The highest BCUT2D eigenvalue weighted by atomic mass is 32.3. The number of aryl methyl sites for hydroxylation is 1. The summed E-state index contributed by atoms with van der Waals surface area (Å²) >= 11 is 0. The van der Waals surface area contributed by atoms with Crippen molar-refractivity contribution in [1.82, 2.24) is 0 Å². The zero-order valence-electron chi connectivity index (χ0n) is 11.4. The maximum atomic E-state index is 12.0. The molecule has 114 valence electrons. The number of hydrogen-bond donors (Lipinski definition) is 2. The van der Waals surface area contributed by atoms with Crippen LogP contribution < -0.4 is 0 Å². The van der Waals surface area contributed by atoms with Gasteiger partial charge in [-0.1, -0.05) is 17.7 Å². The maximum Gasteiger partial charge on any atom is 0.296 e. The predicted octanol–water partition coefficient (Wildman–Crippen LogP) is 2.86. The van der Waals surface area contributed by atoms with E-state index in [4.69, 9.17) is 4.18 Å². The van der Waals surface area contributed by atoms with E-state index in [1.54, 1.807) is 12.1 Å². The lowest BCUT2D eigenvalue weighted by molar-refractivity contribution is 0.240. The number of hydrogen-bond acceptors (Lipinski definition) is 5. The fourth-order valence-corrected chi connectivity index (χ4v) is 4.69. The van der Waals surface area contributed by atoms with Crippen LogP contribution in [0, 0.1) is 12.8 Å². The van der Waals surface area contributed by atoms with Crippen molar-refractivity contribution >= 4 is 20.7 Å². The first kappa shape index (κ1) is 15.8. The Bertz CT molecular complexity index is 541. The van der Waals surface area contributed by atoms with Gasteiger partial charge in [-0.05, 0) is 37.8 Å². The van der Waals surface area contributed by atoms with Crippen molar-refractivity contribution in [3.8, 4) is 0 Å². The van der Waals surface area contributed by atoms with Crippen LogP contribution in [0.25, 0.3) is 0 Å². The Hall–Kier alpha value is -0.600. The molecule has 2 N–H and O–H groups in total. The van der Waals surface area contributed by atoms with Gasteiger partial charge >= 0.3 is 0 Å². The minimum atomic E-state index is -3.72. The van der Waals surface area contributed by atoms with E-state index in [-0.39, 0.29) is 17.4 Å². The first-order valence-corrected chi connectivity index (χ1v) is 9.77. The molecule has 1 aliphatic heterocycles. The van der Waals surface area contributed by atoms with E-state index in [1.165, 1.54) is 12.1 Å². The number of benzene rings is 1. The molecular weight excluding hydrogens is 300 g/mol. The van der Waals surface area contributed by atoms with Gasteiger partial charge in [-0.3, -0.25) is 13.3 Å². The van der Waals surface area contributed by atoms with Gasteiger partial charge in [-0.2, -0.15) is 19.0 Å². The summed E-state index contributed by atoms with van der Waals surface area (Å²) in [6.45, 7) is 1.99. The summed E-state index contributed by atoms with van der Waals surface area (Å²) in [6, 6.07) is 6.52. The van der Waals surface area contributed by atoms with Gasteiger partial charge in [-0.25, -0.2) is 0 Å². The molecule has 0 bridgehead atoms. The molecule has 1 aliphatic rings. The van der Waals surface area contributed by atoms with Crippen molar-refractivity contribution in [2.24, 2.45) is 5.92 Å². The van der Waals surface area contributed by atoms with Gasteiger partial charge in [0.1, 0.15) is 0 Å². The smallest absolute Gasteiger partial charge is 0.296 e. The van der Waals surface area contributed by atoms with Crippen LogP contribution in [-0.2, 0) is 14.3 Å². The van der Waals surface area contributed by atoms with Crippen molar-refractivity contribution in [3.63, 3.8) is 0 Å². The van der Waals surface area contributed by atoms with Crippen molar-refractivity contribution < 1.29 is 21.7 Å². The second kappa shape index (κ2) is 6.03. The predicted molar refractivity (Wildman–Crippen MR) is 79.6 cm³/mol. The van der Waals surface area contributed by atoms with Crippen LogP contribution in [-0.4, -0.2) is 35.6 Å². The van der Waals surface area contributed by atoms with E-state index in [0.717, 1.165) is 5.56 Å². The summed E-state index contributed by atoms with van der Waals surface area (Å²) < 4.78 is 48.1. The lowest BCUT2D eigenvalue weighted by atomic mass is 10.1. The van der Waals surface area contributed by atoms with E-state index < -0.39 is 20.7 Å². The molecule has 0 saturated carbocycles.